The number of allylic oxidation sites excluding steroid dienone is 2. The lowest BCUT2D eigenvalue weighted by Crippen LogP contribution is -2.41. The summed E-state index contributed by atoms with van der Waals surface area (Å²) in [5, 5.41) is 0. The molecule has 3 aromatic rings. The lowest BCUT2D eigenvalue weighted by molar-refractivity contribution is -0.134. The number of hydrogen-bond donors (Lipinski definition) is 0. The van der Waals surface area contributed by atoms with Gasteiger partial charge in [-0.1, -0.05) is 80.6 Å². The van der Waals surface area contributed by atoms with E-state index in [1.54, 1.807) is 0 Å². The molecule has 186 valence electrons. The number of aryl methyl sites for hydroxylation is 2. The lowest BCUT2D eigenvalue weighted by atomic mass is 9.60. The second kappa shape index (κ2) is 8.11. The van der Waals surface area contributed by atoms with Crippen molar-refractivity contribution >= 4 is 34.4 Å². The van der Waals surface area contributed by atoms with E-state index in [-0.39, 0.29) is 17.6 Å². The average molecular weight is 490 g/mol. The zero-order valence-electron chi connectivity index (χ0n) is 21.7. The number of ketones is 1. The summed E-state index contributed by atoms with van der Waals surface area (Å²) < 4.78 is 0. The number of imide groups is 1. The minimum atomic E-state index is -1.05. The van der Waals surface area contributed by atoms with Crippen molar-refractivity contribution in [3.8, 4) is 0 Å². The van der Waals surface area contributed by atoms with Gasteiger partial charge in [0.05, 0.1) is 28.4 Å². The number of rotatable bonds is 5. The van der Waals surface area contributed by atoms with Gasteiger partial charge in [-0.2, -0.15) is 0 Å². The Morgan fingerprint density at radius 2 is 1.11 bits per heavy atom. The fourth-order valence-electron chi connectivity index (χ4n) is 7.57. The molecule has 4 heteroatoms. The maximum absolute atomic E-state index is 14.7. The molecule has 1 saturated heterocycles. The monoisotopic (exact) mass is 489 g/mol. The highest BCUT2D eigenvalue weighted by atomic mass is 16.2. The molecule has 2 fully saturated rings. The van der Waals surface area contributed by atoms with Crippen molar-refractivity contribution in [1.29, 1.82) is 0 Å². The molecule has 6 rings (SSSR count). The first-order chi connectivity index (χ1) is 17.8. The van der Waals surface area contributed by atoms with Crippen molar-refractivity contribution in [3.63, 3.8) is 0 Å². The van der Waals surface area contributed by atoms with Crippen LogP contribution in [0.5, 0.6) is 0 Å². The molecule has 1 heterocycles. The van der Waals surface area contributed by atoms with Gasteiger partial charge in [0.15, 0.2) is 5.78 Å². The van der Waals surface area contributed by atoms with Gasteiger partial charge in [0.25, 0.3) is 0 Å². The first kappa shape index (κ1) is 23.6. The van der Waals surface area contributed by atoms with E-state index in [1.807, 2.05) is 107 Å². The van der Waals surface area contributed by atoms with Crippen molar-refractivity contribution < 1.29 is 14.4 Å². The Morgan fingerprint density at radius 1 is 0.649 bits per heavy atom. The number of benzene rings is 3. The topological polar surface area (TPSA) is 54.5 Å². The number of amides is 2. The lowest BCUT2D eigenvalue weighted by Gasteiger charge is -2.38. The summed E-state index contributed by atoms with van der Waals surface area (Å²) in [6.07, 6.45) is 0.935. The van der Waals surface area contributed by atoms with Gasteiger partial charge in [-0.15, -0.1) is 0 Å². The van der Waals surface area contributed by atoms with Crippen molar-refractivity contribution in [1.82, 2.24) is 0 Å². The van der Waals surface area contributed by atoms with Gasteiger partial charge >= 0.3 is 0 Å². The van der Waals surface area contributed by atoms with Crippen LogP contribution in [0.25, 0.3) is 11.1 Å². The second-order valence-electron chi connectivity index (χ2n) is 10.7. The predicted octanol–water partition coefficient (Wildman–Crippen LogP) is 6.41. The zero-order valence-corrected chi connectivity index (χ0v) is 21.7. The van der Waals surface area contributed by atoms with Crippen LogP contribution in [0.3, 0.4) is 0 Å². The van der Waals surface area contributed by atoms with Crippen LogP contribution in [0.15, 0.2) is 78.9 Å². The molecule has 1 aliphatic heterocycles. The van der Waals surface area contributed by atoms with Crippen LogP contribution in [-0.2, 0) is 14.4 Å². The second-order valence-corrected chi connectivity index (χ2v) is 10.7. The maximum Gasteiger partial charge on any atom is 0.239 e. The van der Waals surface area contributed by atoms with Gasteiger partial charge in [0, 0.05) is 0 Å². The SMILES string of the molecule is CC[C@]12C(=O)[C@](CC)(C(c3ccccc3)=C1c1ccccc1)[C@@H]1C(=O)N(c3ccc(C)c(C)c3)C(=O)[C@H]12. The molecule has 2 aliphatic carbocycles. The summed E-state index contributed by atoms with van der Waals surface area (Å²) >= 11 is 0. The fourth-order valence-corrected chi connectivity index (χ4v) is 7.57. The molecule has 3 aliphatic rings. The van der Waals surface area contributed by atoms with Gasteiger partial charge in [-0.3, -0.25) is 14.4 Å². The summed E-state index contributed by atoms with van der Waals surface area (Å²) in [7, 11) is 0. The van der Waals surface area contributed by atoms with Crippen LogP contribution in [0.4, 0.5) is 5.69 Å². The highest BCUT2D eigenvalue weighted by Crippen LogP contribution is 2.75. The number of fused-ring (bicyclic) bond motifs is 5. The summed E-state index contributed by atoms with van der Waals surface area (Å²) in [5.74, 6) is -1.86. The van der Waals surface area contributed by atoms with Crippen LogP contribution < -0.4 is 4.90 Å². The van der Waals surface area contributed by atoms with Crippen LogP contribution in [0, 0.1) is 36.5 Å². The minimum absolute atomic E-state index is 0.0409. The number of Topliss-reactive ketones (excluding diaryl/α,β-unsaturated/α-hetero) is 1. The molecule has 4 atom stereocenters. The molecule has 0 unspecified atom stereocenters. The molecule has 0 spiro atoms. The highest BCUT2D eigenvalue weighted by molar-refractivity contribution is 6.34. The van der Waals surface area contributed by atoms with E-state index in [9.17, 15) is 14.4 Å². The van der Waals surface area contributed by atoms with E-state index in [0.29, 0.717) is 18.5 Å². The molecule has 1 saturated carbocycles. The summed E-state index contributed by atoms with van der Waals surface area (Å²) in [6.45, 7) is 7.99. The number of carbonyl (C=O) groups is 3. The van der Waals surface area contributed by atoms with Crippen molar-refractivity contribution in [2.75, 3.05) is 4.90 Å². The molecule has 2 bridgehead atoms. The maximum atomic E-state index is 14.7. The normalized spacial score (nSPS) is 28.4. The number of carbonyl (C=O) groups excluding carboxylic acids is 3. The predicted molar refractivity (Wildman–Crippen MR) is 146 cm³/mol. The first-order valence-electron chi connectivity index (χ1n) is 13.2. The van der Waals surface area contributed by atoms with Crippen LogP contribution >= 0.6 is 0 Å². The third kappa shape index (κ3) is 2.76. The van der Waals surface area contributed by atoms with E-state index in [2.05, 4.69) is 0 Å². The Bertz CT molecular complexity index is 1400. The summed E-state index contributed by atoms with van der Waals surface area (Å²) in [4.78, 5) is 44.7. The van der Waals surface area contributed by atoms with Gasteiger partial charge < -0.3 is 0 Å². The van der Waals surface area contributed by atoms with E-state index in [4.69, 9.17) is 0 Å². The molecular weight excluding hydrogens is 458 g/mol. The molecule has 0 radical (unpaired) electrons. The number of nitrogens with zero attached hydrogens (tertiary/aromatic N) is 1. The van der Waals surface area contributed by atoms with Crippen LogP contribution in [0.1, 0.15) is 48.9 Å². The molecule has 3 aromatic carbocycles. The van der Waals surface area contributed by atoms with Gasteiger partial charge in [-0.05, 0) is 72.2 Å². The average Bonchev–Trinajstić information content (AvgIpc) is 3.42. The van der Waals surface area contributed by atoms with E-state index < -0.39 is 22.7 Å². The van der Waals surface area contributed by atoms with Crippen LogP contribution in [-0.4, -0.2) is 17.6 Å². The van der Waals surface area contributed by atoms with Gasteiger partial charge in [0.1, 0.15) is 0 Å². The quantitative estimate of drug-likeness (QED) is 0.389. The Kier molecular flexibility index (Phi) is 5.17. The summed E-state index contributed by atoms with van der Waals surface area (Å²) in [6, 6.07) is 25.7. The molecule has 0 aromatic heterocycles. The molecule has 4 nitrogen and oxygen atoms in total. The Hall–Kier alpha value is -3.79. The third-order valence-electron chi connectivity index (χ3n) is 9.31. The van der Waals surface area contributed by atoms with E-state index in [1.165, 1.54) is 4.90 Å². The standard InChI is InChI=1S/C33H31NO3/c1-5-32-25(22-13-9-7-10-14-22)26(23-15-11-8-12-16-23)33(6-2,31(32)37)28-27(32)29(35)34(30(28)36)24-18-17-20(3)21(4)19-24/h7-19,27-28H,5-6H2,1-4H3/t27-,28-,32-,33+/m0/s1. The first-order valence-corrected chi connectivity index (χ1v) is 13.2. The highest BCUT2D eigenvalue weighted by Gasteiger charge is 2.80. The van der Waals surface area contributed by atoms with E-state index >= 15 is 0 Å². The zero-order chi connectivity index (χ0) is 26.1. The van der Waals surface area contributed by atoms with Crippen molar-refractivity contribution in [2.24, 2.45) is 22.7 Å². The number of anilines is 1. The summed E-state index contributed by atoms with van der Waals surface area (Å²) in [5.41, 5.74) is 4.40. The third-order valence-corrected chi connectivity index (χ3v) is 9.31. The van der Waals surface area contributed by atoms with Crippen LogP contribution in [0.2, 0.25) is 0 Å². The largest absolute Gasteiger partial charge is 0.298 e. The van der Waals surface area contributed by atoms with Gasteiger partial charge in [-0.25, -0.2) is 4.90 Å². The Morgan fingerprint density at radius 3 is 1.51 bits per heavy atom. The minimum Gasteiger partial charge on any atom is -0.298 e. The Balaban J connectivity index is 1.66. The molecule has 37 heavy (non-hydrogen) atoms. The van der Waals surface area contributed by atoms with E-state index in [0.717, 1.165) is 33.4 Å². The fraction of sp³-hybridized carbons (Fsp3) is 0.303. The molecular formula is C33H31NO3. The number of hydrogen-bond acceptors (Lipinski definition) is 3. The van der Waals surface area contributed by atoms with Crippen molar-refractivity contribution in [3.05, 3.63) is 101 Å². The van der Waals surface area contributed by atoms with Crippen molar-refractivity contribution in [2.45, 2.75) is 40.5 Å². The smallest absolute Gasteiger partial charge is 0.239 e. The molecule has 0 N–H and O–H groups in total. The molecule has 2 amide bonds. The van der Waals surface area contributed by atoms with Gasteiger partial charge in [0.2, 0.25) is 11.8 Å². The Labute approximate surface area is 218 Å².